The number of fused-ring (bicyclic) bond motifs is 5. The Kier molecular flexibility index (Phi) is 6.53. The SMILES string of the molecule is COc1ccc2c(c1OC)c(=O)n1c3ccc(OC(C)C(=O)NCCCN4CCCC4=O)cc3c3ccnc2c31. The molecule has 10 nitrogen and oxygen atoms in total. The van der Waals surface area contributed by atoms with Crippen LogP contribution in [0.5, 0.6) is 17.2 Å². The van der Waals surface area contributed by atoms with Gasteiger partial charge in [-0.05, 0) is 56.2 Å². The van der Waals surface area contributed by atoms with Gasteiger partial charge in [-0.15, -0.1) is 0 Å². The minimum absolute atomic E-state index is 0.183. The maximum atomic E-state index is 13.9. The molecule has 1 atom stereocenters. The highest BCUT2D eigenvalue weighted by Crippen LogP contribution is 2.39. The van der Waals surface area contributed by atoms with Gasteiger partial charge < -0.3 is 24.4 Å². The van der Waals surface area contributed by atoms with Crippen molar-refractivity contribution in [1.29, 1.82) is 0 Å². The molecule has 0 radical (unpaired) electrons. The maximum absolute atomic E-state index is 13.9. The third-order valence-corrected chi connectivity index (χ3v) is 7.62. The van der Waals surface area contributed by atoms with Gasteiger partial charge in [-0.25, -0.2) is 0 Å². The van der Waals surface area contributed by atoms with Gasteiger partial charge in [0.2, 0.25) is 5.91 Å². The highest BCUT2D eigenvalue weighted by molar-refractivity contribution is 6.19. The molecule has 1 fully saturated rings. The van der Waals surface area contributed by atoms with Crippen molar-refractivity contribution >= 4 is 49.9 Å². The van der Waals surface area contributed by atoms with E-state index in [1.165, 1.54) is 14.2 Å². The average Bonchev–Trinajstić information content (AvgIpc) is 3.53. The number of rotatable bonds is 9. The van der Waals surface area contributed by atoms with Crippen molar-refractivity contribution in [3.8, 4) is 17.2 Å². The van der Waals surface area contributed by atoms with Crippen molar-refractivity contribution in [3.63, 3.8) is 0 Å². The van der Waals surface area contributed by atoms with Crippen molar-refractivity contribution < 1.29 is 23.8 Å². The van der Waals surface area contributed by atoms with Crippen LogP contribution >= 0.6 is 0 Å². The standard InChI is InChI=1S/C30H30N4O6/c1-17(29(36)32-12-5-15-33-14-4-6-24(33)35)40-18-7-9-22-21(16-18)19-11-13-31-26-20-8-10-23(38-2)28(39-3)25(20)30(37)34(22)27(19)26/h7-11,13,16-17H,4-6,12,14-15H2,1-3H3,(H,32,36). The number of likely N-dealkylation sites (tertiary alicyclic amines) is 1. The van der Waals surface area contributed by atoms with E-state index in [0.717, 1.165) is 23.7 Å². The molecular weight excluding hydrogens is 512 g/mol. The zero-order chi connectivity index (χ0) is 28.0. The Balaban J connectivity index is 1.30. The van der Waals surface area contributed by atoms with Gasteiger partial charge in [-0.2, -0.15) is 0 Å². The first-order chi connectivity index (χ1) is 19.4. The van der Waals surface area contributed by atoms with E-state index >= 15 is 0 Å². The summed E-state index contributed by atoms with van der Waals surface area (Å²) in [5, 5.41) is 5.63. The van der Waals surface area contributed by atoms with Gasteiger partial charge >= 0.3 is 0 Å². The Morgan fingerprint density at radius 3 is 2.67 bits per heavy atom. The van der Waals surface area contributed by atoms with E-state index in [2.05, 4.69) is 10.3 Å². The Morgan fingerprint density at radius 2 is 1.93 bits per heavy atom. The minimum Gasteiger partial charge on any atom is -0.493 e. The molecule has 3 aromatic heterocycles. The molecule has 0 aliphatic carbocycles. The van der Waals surface area contributed by atoms with Crippen LogP contribution in [0.25, 0.3) is 38.1 Å². The summed E-state index contributed by atoms with van der Waals surface area (Å²) < 4.78 is 18.7. The van der Waals surface area contributed by atoms with E-state index in [4.69, 9.17) is 14.2 Å². The lowest BCUT2D eigenvalue weighted by Crippen LogP contribution is -2.38. The molecule has 10 heteroatoms. The van der Waals surface area contributed by atoms with Crippen LogP contribution in [0.4, 0.5) is 0 Å². The second kappa shape index (κ2) is 10.2. The zero-order valence-corrected chi connectivity index (χ0v) is 22.7. The number of hydrogen-bond donors (Lipinski definition) is 1. The van der Waals surface area contributed by atoms with Gasteiger partial charge in [0, 0.05) is 48.4 Å². The Bertz CT molecular complexity index is 1830. The number of nitrogens with zero attached hydrogens (tertiary/aromatic N) is 3. The van der Waals surface area contributed by atoms with Crippen LogP contribution in [0.3, 0.4) is 0 Å². The third-order valence-electron chi connectivity index (χ3n) is 7.62. The molecule has 0 saturated carbocycles. The fraction of sp³-hybridized carbons (Fsp3) is 0.333. The van der Waals surface area contributed by atoms with Crippen LogP contribution in [0, 0.1) is 0 Å². The molecule has 1 aliphatic rings. The monoisotopic (exact) mass is 542 g/mol. The number of benzene rings is 2. The second-order valence-electron chi connectivity index (χ2n) is 9.99. The summed E-state index contributed by atoms with van der Waals surface area (Å²) in [4.78, 5) is 44.8. The first kappa shape index (κ1) is 25.7. The Labute approximate surface area is 229 Å². The highest BCUT2D eigenvalue weighted by Gasteiger charge is 2.23. The summed E-state index contributed by atoms with van der Waals surface area (Å²) in [5.74, 6) is 1.30. The van der Waals surface area contributed by atoms with Crippen LogP contribution in [-0.2, 0) is 9.59 Å². The molecule has 0 bridgehead atoms. The predicted molar refractivity (Wildman–Crippen MR) is 152 cm³/mol. The third kappa shape index (κ3) is 4.11. The van der Waals surface area contributed by atoms with Gasteiger partial charge in [0.1, 0.15) is 5.75 Å². The number of methoxy groups -OCH3 is 2. The van der Waals surface area contributed by atoms with Crippen molar-refractivity contribution in [2.24, 2.45) is 0 Å². The topological polar surface area (TPSA) is 111 Å². The van der Waals surface area contributed by atoms with Crippen LogP contribution in [0.1, 0.15) is 26.2 Å². The smallest absolute Gasteiger partial charge is 0.267 e. The summed E-state index contributed by atoms with van der Waals surface area (Å²) in [6, 6.07) is 10.9. The molecule has 6 rings (SSSR count). The van der Waals surface area contributed by atoms with Gasteiger partial charge in [0.25, 0.3) is 11.5 Å². The molecule has 1 N–H and O–H groups in total. The number of ether oxygens (including phenoxy) is 3. The van der Waals surface area contributed by atoms with Crippen molar-refractivity contribution in [3.05, 3.63) is 52.9 Å². The van der Waals surface area contributed by atoms with Crippen LogP contribution in [-0.4, -0.2) is 66.1 Å². The molecule has 0 spiro atoms. The number of hydrogen-bond acceptors (Lipinski definition) is 7. The Morgan fingerprint density at radius 1 is 1.07 bits per heavy atom. The molecule has 2 aromatic carbocycles. The highest BCUT2D eigenvalue weighted by atomic mass is 16.5. The van der Waals surface area contributed by atoms with Crippen LogP contribution in [0.2, 0.25) is 0 Å². The van der Waals surface area contributed by atoms with Gasteiger partial charge in [-0.1, -0.05) is 0 Å². The number of amides is 2. The second-order valence-corrected chi connectivity index (χ2v) is 9.99. The lowest BCUT2D eigenvalue weighted by molar-refractivity contribution is -0.127. The maximum Gasteiger partial charge on any atom is 0.267 e. The van der Waals surface area contributed by atoms with Gasteiger partial charge in [0.15, 0.2) is 17.6 Å². The molecule has 206 valence electrons. The first-order valence-corrected chi connectivity index (χ1v) is 13.4. The van der Waals surface area contributed by atoms with Gasteiger partial charge in [-0.3, -0.25) is 23.8 Å². The van der Waals surface area contributed by atoms with Crippen molar-refractivity contribution in [2.45, 2.75) is 32.3 Å². The molecule has 4 heterocycles. The number of nitrogens with one attached hydrogen (secondary N) is 1. The van der Waals surface area contributed by atoms with E-state index < -0.39 is 6.10 Å². The summed E-state index contributed by atoms with van der Waals surface area (Å²) >= 11 is 0. The number of pyridine rings is 2. The van der Waals surface area contributed by atoms with Crippen LogP contribution in [0.15, 0.2) is 47.4 Å². The van der Waals surface area contributed by atoms with Crippen molar-refractivity contribution in [2.75, 3.05) is 33.9 Å². The van der Waals surface area contributed by atoms with Crippen LogP contribution < -0.4 is 25.1 Å². The van der Waals surface area contributed by atoms with Crippen molar-refractivity contribution in [1.82, 2.24) is 19.6 Å². The molecule has 40 heavy (non-hydrogen) atoms. The van der Waals surface area contributed by atoms with E-state index in [1.807, 2.05) is 29.2 Å². The Hall–Kier alpha value is -4.60. The summed E-state index contributed by atoms with van der Waals surface area (Å²) in [7, 11) is 3.05. The number of carbonyl (C=O) groups is 2. The van der Waals surface area contributed by atoms with E-state index in [9.17, 15) is 14.4 Å². The summed E-state index contributed by atoms with van der Waals surface area (Å²) in [5.41, 5.74) is 1.85. The summed E-state index contributed by atoms with van der Waals surface area (Å²) in [6.45, 7) is 3.60. The number of aromatic nitrogens is 2. The molecular formula is C30H30N4O6. The fourth-order valence-electron chi connectivity index (χ4n) is 5.70. The van der Waals surface area contributed by atoms with E-state index in [0.29, 0.717) is 70.5 Å². The minimum atomic E-state index is -0.727. The largest absolute Gasteiger partial charge is 0.493 e. The molecule has 1 unspecified atom stereocenters. The average molecular weight is 543 g/mol. The molecule has 5 aromatic rings. The van der Waals surface area contributed by atoms with E-state index in [-0.39, 0.29) is 17.4 Å². The molecule has 2 amide bonds. The van der Waals surface area contributed by atoms with Gasteiger partial charge in [0.05, 0.1) is 36.2 Å². The first-order valence-electron chi connectivity index (χ1n) is 13.4. The lowest BCUT2D eigenvalue weighted by atomic mass is 10.1. The summed E-state index contributed by atoms with van der Waals surface area (Å²) in [6.07, 6.45) is 3.20. The normalized spacial score (nSPS) is 14.5. The van der Waals surface area contributed by atoms with E-state index in [1.54, 1.807) is 29.7 Å². The quantitative estimate of drug-likeness (QED) is 0.224. The molecule has 1 aliphatic heterocycles. The predicted octanol–water partition coefficient (Wildman–Crippen LogP) is 3.51. The number of carbonyl (C=O) groups excluding carboxylic acids is 2. The lowest BCUT2D eigenvalue weighted by Gasteiger charge is -2.17. The fourth-order valence-corrected chi connectivity index (χ4v) is 5.70. The zero-order valence-electron chi connectivity index (χ0n) is 22.7. The molecule has 1 saturated heterocycles.